The van der Waals surface area contributed by atoms with Crippen LogP contribution in [0.3, 0.4) is 0 Å². The molecule has 0 unspecified atom stereocenters. The Hall–Kier alpha value is -1.75. The van der Waals surface area contributed by atoms with Crippen molar-refractivity contribution >= 4 is 5.97 Å². The molecule has 0 radical (unpaired) electrons. The molecule has 1 N–H and O–H groups in total. The number of carbonyl (C=O) groups is 1. The highest BCUT2D eigenvalue weighted by molar-refractivity contribution is 5.73. The van der Waals surface area contributed by atoms with Gasteiger partial charge in [0, 0.05) is 0 Å². The predicted octanol–water partition coefficient (Wildman–Crippen LogP) is 0.782. The van der Waals surface area contributed by atoms with E-state index in [0.717, 1.165) is 5.56 Å². The number of hydrogen-bond donors (Lipinski definition) is 1. The first-order valence-electron chi connectivity index (χ1n) is 5.18. The van der Waals surface area contributed by atoms with Gasteiger partial charge in [-0.15, -0.1) is 0 Å². The Morgan fingerprint density at radius 2 is 1.94 bits per heavy atom. The first-order chi connectivity index (χ1) is 8.21. The van der Waals surface area contributed by atoms with Gasteiger partial charge >= 0.3 is 5.97 Å². The molecule has 5 nitrogen and oxygen atoms in total. The molecule has 17 heavy (non-hydrogen) atoms. The number of hydrogen-bond acceptors (Lipinski definition) is 5. The van der Waals surface area contributed by atoms with Crippen LogP contribution < -0.4 is 9.47 Å². The zero-order valence-electron chi connectivity index (χ0n) is 9.93. The summed E-state index contributed by atoms with van der Waals surface area (Å²) in [6.45, 7) is -0.149. The summed E-state index contributed by atoms with van der Waals surface area (Å²) in [4.78, 5) is 11.3. The molecule has 5 heteroatoms. The van der Waals surface area contributed by atoms with E-state index in [9.17, 15) is 4.79 Å². The number of carbonyl (C=O) groups excluding carboxylic acids is 1. The van der Waals surface area contributed by atoms with Crippen molar-refractivity contribution in [3.05, 3.63) is 23.8 Å². The van der Waals surface area contributed by atoms with Gasteiger partial charge in [-0.05, 0) is 17.7 Å². The largest absolute Gasteiger partial charge is 0.493 e. The molecular formula is C12H16O5. The zero-order chi connectivity index (χ0) is 12.7. The van der Waals surface area contributed by atoms with Gasteiger partial charge in [-0.3, -0.25) is 4.79 Å². The SMILES string of the molecule is COc1ccc(CC(=O)OCCO)cc1OC. The lowest BCUT2D eigenvalue weighted by Crippen LogP contribution is -2.11. The monoisotopic (exact) mass is 240 g/mol. The Bertz CT molecular complexity index is 375. The molecule has 0 saturated heterocycles. The Morgan fingerprint density at radius 3 is 2.53 bits per heavy atom. The van der Waals surface area contributed by atoms with E-state index in [1.54, 1.807) is 25.3 Å². The lowest BCUT2D eigenvalue weighted by atomic mass is 10.1. The molecular weight excluding hydrogens is 224 g/mol. The van der Waals surface area contributed by atoms with E-state index in [1.807, 2.05) is 0 Å². The molecule has 0 bridgehead atoms. The minimum Gasteiger partial charge on any atom is -0.493 e. The van der Waals surface area contributed by atoms with Gasteiger partial charge in [0.15, 0.2) is 11.5 Å². The van der Waals surface area contributed by atoms with Crippen molar-refractivity contribution in [2.45, 2.75) is 6.42 Å². The lowest BCUT2D eigenvalue weighted by molar-refractivity contribution is -0.143. The standard InChI is InChI=1S/C12H16O5/c1-15-10-4-3-9(7-11(10)16-2)8-12(14)17-6-5-13/h3-4,7,13H,5-6,8H2,1-2H3. The Labute approximate surface area is 99.9 Å². The highest BCUT2D eigenvalue weighted by Crippen LogP contribution is 2.27. The molecule has 0 amide bonds. The fourth-order valence-electron chi connectivity index (χ4n) is 1.37. The second-order valence-electron chi connectivity index (χ2n) is 3.31. The molecule has 1 aromatic carbocycles. The van der Waals surface area contributed by atoms with Gasteiger partial charge in [-0.1, -0.05) is 6.07 Å². The second kappa shape index (κ2) is 6.75. The Kier molecular flexibility index (Phi) is 5.29. The second-order valence-corrected chi connectivity index (χ2v) is 3.31. The van der Waals surface area contributed by atoms with Crippen LogP contribution in [0.25, 0.3) is 0 Å². The summed E-state index contributed by atoms with van der Waals surface area (Å²) in [7, 11) is 3.08. The average molecular weight is 240 g/mol. The van der Waals surface area contributed by atoms with Crippen LogP contribution in [0.4, 0.5) is 0 Å². The van der Waals surface area contributed by atoms with E-state index in [1.165, 1.54) is 7.11 Å². The van der Waals surface area contributed by atoms with Crippen molar-refractivity contribution in [1.29, 1.82) is 0 Å². The maximum absolute atomic E-state index is 11.3. The molecule has 0 aromatic heterocycles. The molecule has 0 heterocycles. The van der Waals surface area contributed by atoms with Crippen LogP contribution >= 0.6 is 0 Å². The van der Waals surface area contributed by atoms with Crippen molar-refractivity contribution < 1.29 is 24.1 Å². The smallest absolute Gasteiger partial charge is 0.310 e. The third-order valence-corrected chi connectivity index (χ3v) is 2.15. The summed E-state index contributed by atoms with van der Waals surface area (Å²) in [6.07, 6.45) is 0.139. The molecule has 1 rings (SSSR count). The van der Waals surface area contributed by atoms with Crippen LogP contribution in [-0.4, -0.2) is 38.5 Å². The number of aliphatic hydroxyl groups is 1. The summed E-state index contributed by atoms with van der Waals surface area (Å²) in [5.74, 6) is 0.797. The first-order valence-corrected chi connectivity index (χ1v) is 5.18. The summed E-state index contributed by atoms with van der Waals surface area (Å²) in [5.41, 5.74) is 0.769. The number of ether oxygens (including phenoxy) is 3. The molecule has 1 aromatic rings. The third-order valence-electron chi connectivity index (χ3n) is 2.15. The van der Waals surface area contributed by atoms with Gasteiger partial charge in [0.2, 0.25) is 0 Å². The van der Waals surface area contributed by atoms with Crippen molar-refractivity contribution in [2.24, 2.45) is 0 Å². The molecule has 0 aliphatic rings. The third kappa shape index (κ3) is 3.96. The van der Waals surface area contributed by atoms with Gasteiger partial charge in [0.05, 0.1) is 27.2 Å². The number of esters is 1. The van der Waals surface area contributed by atoms with Crippen LogP contribution in [0.1, 0.15) is 5.56 Å². The summed E-state index contributed by atoms with van der Waals surface area (Å²) < 4.78 is 15.0. The van der Waals surface area contributed by atoms with Gasteiger partial charge in [0.25, 0.3) is 0 Å². The number of benzene rings is 1. The summed E-state index contributed by atoms with van der Waals surface area (Å²) in [6, 6.07) is 5.22. The number of methoxy groups -OCH3 is 2. The van der Waals surface area contributed by atoms with Gasteiger partial charge < -0.3 is 19.3 Å². The maximum Gasteiger partial charge on any atom is 0.310 e. The molecule has 0 fully saturated rings. The normalized spacial score (nSPS) is 9.82. The maximum atomic E-state index is 11.3. The van der Waals surface area contributed by atoms with Gasteiger partial charge in [-0.25, -0.2) is 0 Å². The van der Waals surface area contributed by atoms with Crippen molar-refractivity contribution in [3.63, 3.8) is 0 Å². The fourth-order valence-corrected chi connectivity index (χ4v) is 1.37. The van der Waals surface area contributed by atoms with E-state index in [-0.39, 0.29) is 25.6 Å². The van der Waals surface area contributed by atoms with Crippen molar-refractivity contribution in [3.8, 4) is 11.5 Å². The van der Waals surface area contributed by atoms with Crippen LogP contribution in [0.15, 0.2) is 18.2 Å². The van der Waals surface area contributed by atoms with E-state index >= 15 is 0 Å². The van der Waals surface area contributed by atoms with Gasteiger partial charge in [0.1, 0.15) is 6.61 Å². The molecule has 0 aliphatic carbocycles. The van der Waals surface area contributed by atoms with Crippen LogP contribution in [0, 0.1) is 0 Å². The van der Waals surface area contributed by atoms with Crippen molar-refractivity contribution in [1.82, 2.24) is 0 Å². The van der Waals surface area contributed by atoms with Crippen LogP contribution in [0.5, 0.6) is 11.5 Å². The molecule has 0 saturated carbocycles. The predicted molar refractivity (Wildman–Crippen MR) is 61.3 cm³/mol. The Balaban J connectivity index is 2.68. The fraction of sp³-hybridized carbons (Fsp3) is 0.417. The van der Waals surface area contributed by atoms with E-state index in [2.05, 4.69) is 0 Å². The molecule has 0 spiro atoms. The number of aliphatic hydroxyl groups excluding tert-OH is 1. The number of rotatable bonds is 6. The molecule has 0 atom stereocenters. The van der Waals surface area contributed by atoms with Crippen LogP contribution in [-0.2, 0) is 16.0 Å². The van der Waals surface area contributed by atoms with Crippen molar-refractivity contribution in [2.75, 3.05) is 27.4 Å². The zero-order valence-corrected chi connectivity index (χ0v) is 9.93. The Morgan fingerprint density at radius 1 is 1.24 bits per heavy atom. The van der Waals surface area contributed by atoms with E-state index in [4.69, 9.17) is 19.3 Å². The molecule has 94 valence electrons. The first kappa shape index (κ1) is 13.3. The van der Waals surface area contributed by atoms with Crippen LogP contribution in [0.2, 0.25) is 0 Å². The highest BCUT2D eigenvalue weighted by atomic mass is 16.5. The van der Waals surface area contributed by atoms with E-state index in [0.29, 0.717) is 11.5 Å². The van der Waals surface area contributed by atoms with E-state index < -0.39 is 0 Å². The summed E-state index contributed by atoms with van der Waals surface area (Å²) >= 11 is 0. The average Bonchev–Trinajstić information content (AvgIpc) is 2.36. The lowest BCUT2D eigenvalue weighted by Gasteiger charge is -2.09. The highest BCUT2D eigenvalue weighted by Gasteiger charge is 2.08. The quantitative estimate of drug-likeness (QED) is 0.744. The minimum atomic E-state index is -0.383. The summed E-state index contributed by atoms with van der Waals surface area (Å²) in [5, 5.41) is 8.52. The van der Waals surface area contributed by atoms with Gasteiger partial charge in [-0.2, -0.15) is 0 Å². The minimum absolute atomic E-state index is 0.0200. The topological polar surface area (TPSA) is 65.0 Å². The molecule has 0 aliphatic heterocycles.